The van der Waals surface area contributed by atoms with Gasteiger partial charge in [-0.3, -0.25) is 0 Å². The van der Waals surface area contributed by atoms with Crippen molar-refractivity contribution < 1.29 is 4.79 Å². The first kappa shape index (κ1) is 14.3. The second kappa shape index (κ2) is 6.38. The van der Waals surface area contributed by atoms with Crippen LogP contribution in [0.1, 0.15) is 5.56 Å². The summed E-state index contributed by atoms with van der Waals surface area (Å²) < 4.78 is 0. The Morgan fingerprint density at radius 3 is 2.65 bits per heavy atom. The Labute approximate surface area is 122 Å². The quantitative estimate of drug-likeness (QED) is 0.942. The molecule has 2 aromatic rings. The molecule has 0 radical (unpaired) electrons. The minimum Gasteiger partial charge on any atom is -0.363 e. The maximum Gasteiger partial charge on any atom is 0.321 e. The number of nitrogens with zero attached hydrogens (tertiary/aromatic N) is 3. The van der Waals surface area contributed by atoms with E-state index in [0.29, 0.717) is 12.2 Å². The van der Waals surface area contributed by atoms with Crippen LogP contribution in [0.3, 0.4) is 0 Å². The Kier molecular flexibility index (Phi) is 4.57. The molecule has 0 aromatic carbocycles. The zero-order chi connectivity index (χ0) is 14.5. The van der Waals surface area contributed by atoms with Gasteiger partial charge >= 0.3 is 6.03 Å². The van der Waals surface area contributed by atoms with Gasteiger partial charge in [0, 0.05) is 27.7 Å². The van der Waals surface area contributed by atoms with E-state index in [4.69, 9.17) is 0 Å². The fourth-order valence-electron chi connectivity index (χ4n) is 1.67. The SMILES string of the molecule is CN(Cc1ccsc1)C(=O)Nc1ccc(N(C)C)nc1. The molecule has 0 aliphatic rings. The van der Waals surface area contributed by atoms with E-state index in [2.05, 4.69) is 10.3 Å². The van der Waals surface area contributed by atoms with E-state index in [9.17, 15) is 4.79 Å². The average Bonchev–Trinajstić information content (AvgIpc) is 2.92. The van der Waals surface area contributed by atoms with Gasteiger partial charge in [-0.05, 0) is 34.5 Å². The lowest BCUT2D eigenvalue weighted by molar-refractivity contribution is 0.221. The van der Waals surface area contributed by atoms with Crippen molar-refractivity contribution in [3.63, 3.8) is 0 Å². The monoisotopic (exact) mass is 290 g/mol. The summed E-state index contributed by atoms with van der Waals surface area (Å²) in [7, 11) is 5.62. The summed E-state index contributed by atoms with van der Waals surface area (Å²) in [4.78, 5) is 19.8. The molecule has 106 valence electrons. The van der Waals surface area contributed by atoms with Gasteiger partial charge in [0.05, 0.1) is 11.9 Å². The normalized spacial score (nSPS) is 10.2. The molecular weight excluding hydrogens is 272 g/mol. The Morgan fingerprint density at radius 1 is 1.30 bits per heavy atom. The number of rotatable bonds is 4. The summed E-state index contributed by atoms with van der Waals surface area (Å²) in [6.45, 7) is 0.596. The first-order valence-electron chi connectivity index (χ1n) is 6.23. The fraction of sp³-hybridized carbons (Fsp3) is 0.286. The van der Waals surface area contributed by atoms with Crippen molar-refractivity contribution in [3.8, 4) is 0 Å². The minimum absolute atomic E-state index is 0.143. The van der Waals surface area contributed by atoms with E-state index in [-0.39, 0.29) is 6.03 Å². The number of carbonyl (C=O) groups excluding carboxylic acids is 1. The molecule has 0 aliphatic carbocycles. The molecule has 0 aliphatic heterocycles. The second-order valence-electron chi connectivity index (χ2n) is 4.72. The number of urea groups is 1. The van der Waals surface area contributed by atoms with Gasteiger partial charge in [0.1, 0.15) is 5.82 Å². The number of nitrogens with one attached hydrogen (secondary N) is 1. The smallest absolute Gasteiger partial charge is 0.321 e. The first-order valence-corrected chi connectivity index (χ1v) is 7.17. The first-order chi connectivity index (χ1) is 9.56. The van der Waals surface area contributed by atoms with Gasteiger partial charge in [0.15, 0.2) is 0 Å². The topological polar surface area (TPSA) is 48.5 Å². The van der Waals surface area contributed by atoms with Gasteiger partial charge in [-0.15, -0.1) is 0 Å². The van der Waals surface area contributed by atoms with Crippen LogP contribution in [0, 0.1) is 0 Å². The lowest BCUT2D eigenvalue weighted by atomic mass is 10.3. The van der Waals surface area contributed by atoms with Gasteiger partial charge in [0.2, 0.25) is 0 Å². The third-order valence-electron chi connectivity index (χ3n) is 2.80. The van der Waals surface area contributed by atoms with Crippen molar-refractivity contribution >= 4 is 28.9 Å². The predicted molar refractivity (Wildman–Crippen MR) is 83.4 cm³/mol. The zero-order valence-corrected chi connectivity index (χ0v) is 12.6. The second-order valence-corrected chi connectivity index (χ2v) is 5.50. The van der Waals surface area contributed by atoms with Crippen LogP contribution < -0.4 is 10.2 Å². The van der Waals surface area contributed by atoms with Crippen molar-refractivity contribution in [2.45, 2.75) is 6.54 Å². The van der Waals surface area contributed by atoms with Crippen LogP contribution in [0.2, 0.25) is 0 Å². The standard InChI is InChI=1S/C14H18N4OS/c1-17(2)13-5-4-12(8-15-13)16-14(19)18(3)9-11-6-7-20-10-11/h4-8,10H,9H2,1-3H3,(H,16,19). The van der Waals surface area contributed by atoms with Crippen LogP contribution in [0.15, 0.2) is 35.2 Å². The lowest BCUT2D eigenvalue weighted by Crippen LogP contribution is -2.30. The maximum absolute atomic E-state index is 12.0. The molecule has 0 spiro atoms. The number of aromatic nitrogens is 1. The van der Waals surface area contributed by atoms with E-state index in [1.807, 2.05) is 48.0 Å². The van der Waals surface area contributed by atoms with E-state index in [1.54, 1.807) is 29.5 Å². The van der Waals surface area contributed by atoms with Gasteiger partial charge < -0.3 is 15.1 Å². The van der Waals surface area contributed by atoms with Crippen LogP contribution in [-0.4, -0.2) is 37.1 Å². The minimum atomic E-state index is -0.143. The van der Waals surface area contributed by atoms with Crippen molar-refractivity contribution in [2.75, 3.05) is 31.4 Å². The van der Waals surface area contributed by atoms with E-state index in [0.717, 1.165) is 11.4 Å². The van der Waals surface area contributed by atoms with E-state index < -0.39 is 0 Å². The van der Waals surface area contributed by atoms with Gasteiger partial charge in [-0.1, -0.05) is 0 Å². The Bertz CT molecular complexity index is 551. The summed E-state index contributed by atoms with van der Waals surface area (Å²) in [5, 5.41) is 6.87. The highest BCUT2D eigenvalue weighted by Gasteiger charge is 2.10. The van der Waals surface area contributed by atoms with Crippen LogP contribution in [0.25, 0.3) is 0 Å². The Hall–Kier alpha value is -2.08. The van der Waals surface area contributed by atoms with Crippen LogP contribution in [0.4, 0.5) is 16.3 Å². The highest BCUT2D eigenvalue weighted by molar-refractivity contribution is 7.07. The molecule has 1 N–H and O–H groups in total. The molecule has 0 fully saturated rings. The fourth-order valence-corrected chi connectivity index (χ4v) is 2.33. The van der Waals surface area contributed by atoms with E-state index >= 15 is 0 Å². The molecule has 2 heterocycles. The number of hydrogen-bond acceptors (Lipinski definition) is 4. The van der Waals surface area contributed by atoms with E-state index in [1.165, 1.54) is 0 Å². The highest BCUT2D eigenvalue weighted by atomic mass is 32.1. The maximum atomic E-state index is 12.0. The summed E-state index contributed by atoms with van der Waals surface area (Å²) >= 11 is 1.63. The van der Waals surface area contributed by atoms with Crippen LogP contribution in [0.5, 0.6) is 0 Å². The Morgan fingerprint density at radius 2 is 2.10 bits per heavy atom. The van der Waals surface area contributed by atoms with Crippen molar-refractivity contribution in [1.82, 2.24) is 9.88 Å². The number of hydrogen-bond donors (Lipinski definition) is 1. The van der Waals surface area contributed by atoms with Gasteiger partial charge in [-0.25, -0.2) is 9.78 Å². The van der Waals surface area contributed by atoms with Crippen LogP contribution >= 0.6 is 11.3 Å². The summed E-state index contributed by atoms with van der Waals surface area (Å²) in [6.07, 6.45) is 1.66. The molecular formula is C14H18N4OS. The number of pyridine rings is 1. The van der Waals surface area contributed by atoms with Gasteiger partial charge in [0.25, 0.3) is 0 Å². The third kappa shape index (κ3) is 3.71. The highest BCUT2D eigenvalue weighted by Crippen LogP contribution is 2.13. The number of amides is 2. The molecule has 0 unspecified atom stereocenters. The van der Waals surface area contributed by atoms with Gasteiger partial charge in [-0.2, -0.15) is 11.3 Å². The average molecular weight is 290 g/mol. The molecule has 5 nitrogen and oxygen atoms in total. The largest absolute Gasteiger partial charge is 0.363 e. The number of carbonyl (C=O) groups is 1. The summed E-state index contributed by atoms with van der Waals surface area (Å²) in [6, 6.07) is 5.59. The molecule has 0 bridgehead atoms. The molecule has 0 saturated heterocycles. The van der Waals surface area contributed by atoms with Crippen molar-refractivity contribution in [3.05, 3.63) is 40.7 Å². The molecule has 6 heteroatoms. The number of thiophene rings is 1. The zero-order valence-electron chi connectivity index (χ0n) is 11.8. The number of anilines is 2. The molecule has 0 atom stereocenters. The molecule has 20 heavy (non-hydrogen) atoms. The van der Waals surface area contributed by atoms with Crippen molar-refractivity contribution in [1.29, 1.82) is 0 Å². The molecule has 2 rings (SSSR count). The summed E-state index contributed by atoms with van der Waals surface area (Å²) in [5.74, 6) is 0.856. The Balaban J connectivity index is 1.93. The third-order valence-corrected chi connectivity index (χ3v) is 3.54. The summed E-state index contributed by atoms with van der Waals surface area (Å²) in [5.41, 5.74) is 1.83. The van der Waals surface area contributed by atoms with Crippen LogP contribution in [-0.2, 0) is 6.54 Å². The molecule has 2 aromatic heterocycles. The predicted octanol–water partition coefficient (Wildman–Crippen LogP) is 2.87. The lowest BCUT2D eigenvalue weighted by Gasteiger charge is -2.17. The van der Waals surface area contributed by atoms with Crippen molar-refractivity contribution in [2.24, 2.45) is 0 Å². The molecule has 2 amide bonds. The molecule has 0 saturated carbocycles.